The number of nitrogens with zero attached hydrogens (tertiary/aromatic N) is 2. The van der Waals surface area contributed by atoms with Crippen LogP contribution in [0.3, 0.4) is 0 Å². The van der Waals surface area contributed by atoms with Crippen molar-refractivity contribution in [3.05, 3.63) is 36.4 Å². The Balaban J connectivity index is 2.18. The Morgan fingerprint density at radius 2 is 1.43 bits per heavy atom. The Bertz CT molecular complexity index is 1060. The lowest BCUT2D eigenvalue weighted by Gasteiger charge is -2.26. The van der Waals surface area contributed by atoms with Crippen LogP contribution < -0.4 is 21.7 Å². The molecule has 37 heavy (non-hydrogen) atoms. The van der Waals surface area contributed by atoms with E-state index in [1.165, 1.54) is 25.0 Å². The zero-order valence-electron chi connectivity index (χ0n) is 20.4. The average Bonchev–Trinajstić information content (AvgIpc) is 3.54. The van der Waals surface area contributed by atoms with Crippen LogP contribution in [0.4, 0.5) is 0 Å². The van der Waals surface area contributed by atoms with Gasteiger partial charge in [-0.05, 0) is 5.92 Å². The summed E-state index contributed by atoms with van der Waals surface area (Å²) in [6.07, 6.45) is 5.40. The molecule has 0 spiro atoms. The van der Waals surface area contributed by atoms with E-state index in [-0.39, 0.29) is 12.8 Å². The van der Waals surface area contributed by atoms with E-state index in [2.05, 4.69) is 35.9 Å². The van der Waals surface area contributed by atoms with Crippen molar-refractivity contribution in [2.45, 2.75) is 63.7 Å². The Hall–Kier alpha value is -4.27. The summed E-state index contributed by atoms with van der Waals surface area (Å²) in [5.41, 5.74) is 7.04. The second-order valence-corrected chi connectivity index (χ2v) is 8.60. The van der Waals surface area contributed by atoms with Gasteiger partial charge in [0.1, 0.15) is 18.1 Å². The van der Waals surface area contributed by atoms with Crippen molar-refractivity contribution in [2.24, 2.45) is 11.7 Å². The number of nitrogens with one attached hydrogen (secondary N) is 5. The molecule has 2 rings (SSSR count). The predicted octanol–water partition coefficient (Wildman–Crippen LogP) is -1.69. The van der Waals surface area contributed by atoms with E-state index in [0.29, 0.717) is 17.8 Å². The van der Waals surface area contributed by atoms with Crippen molar-refractivity contribution in [1.82, 2.24) is 35.9 Å². The highest BCUT2D eigenvalue weighted by molar-refractivity contribution is 5.95. The average molecular weight is 521 g/mol. The summed E-state index contributed by atoms with van der Waals surface area (Å²) in [7, 11) is 0. The van der Waals surface area contributed by atoms with Crippen LogP contribution in [-0.4, -0.2) is 84.0 Å². The molecule has 2 heterocycles. The Kier molecular flexibility index (Phi) is 10.7. The van der Waals surface area contributed by atoms with Crippen LogP contribution in [0.15, 0.2) is 25.0 Å². The first-order chi connectivity index (χ1) is 17.5. The molecule has 5 unspecified atom stereocenters. The van der Waals surface area contributed by atoms with Crippen molar-refractivity contribution in [2.75, 3.05) is 0 Å². The highest BCUT2D eigenvalue weighted by Gasteiger charge is 2.33. The van der Waals surface area contributed by atoms with E-state index >= 15 is 0 Å². The van der Waals surface area contributed by atoms with Crippen LogP contribution >= 0.6 is 0 Å². The standard InChI is InChI=1S/C22H32N8O7/c1-3-11(2)18(22(36)37)30-21(35)16(6-17(31)32)29-20(34)15(5-13-8-25-10-27-13)28-19(33)14(23)4-12-7-24-9-26-12/h7-11,14-16,18H,3-6,23H2,1-2H3,(H,24,26)(H,25,27)(H,28,33)(H,29,34)(H,30,35)(H,31,32)(H,36,37). The van der Waals surface area contributed by atoms with Crippen LogP contribution in [0.1, 0.15) is 38.1 Å². The number of aliphatic carboxylic acids is 2. The lowest BCUT2D eigenvalue weighted by molar-refractivity contribution is -0.144. The third-order valence-corrected chi connectivity index (χ3v) is 5.73. The monoisotopic (exact) mass is 520 g/mol. The number of carbonyl (C=O) groups excluding carboxylic acids is 3. The van der Waals surface area contributed by atoms with Crippen molar-refractivity contribution in [1.29, 1.82) is 0 Å². The molecule has 15 heteroatoms. The van der Waals surface area contributed by atoms with Crippen molar-refractivity contribution in [3.63, 3.8) is 0 Å². The van der Waals surface area contributed by atoms with Gasteiger partial charge in [-0.3, -0.25) is 19.2 Å². The molecule has 0 aliphatic rings. The first-order valence-electron chi connectivity index (χ1n) is 11.6. The van der Waals surface area contributed by atoms with Gasteiger partial charge in [-0.1, -0.05) is 20.3 Å². The number of carboxylic acid groups (broad SMARTS) is 2. The van der Waals surface area contributed by atoms with Gasteiger partial charge in [-0.2, -0.15) is 0 Å². The predicted molar refractivity (Wildman–Crippen MR) is 128 cm³/mol. The fraction of sp³-hybridized carbons (Fsp3) is 0.500. The summed E-state index contributed by atoms with van der Waals surface area (Å²) in [6.45, 7) is 3.36. The van der Waals surface area contributed by atoms with E-state index in [4.69, 9.17) is 5.73 Å². The van der Waals surface area contributed by atoms with E-state index in [1.54, 1.807) is 13.8 Å². The second kappa shape index (κ2) is 13.7. The number of aromatic amines is 2. The fourth-order valence-electron chi connectivity index (χ4n) is 3.42. The van der Waals surface area contributed by atoms with E-state index in [1.807, 2.05) is 0 Å². The number of hydrogen-bond donors (Lipinski definition) is 8. The third kappa shape index (κ3) is 9.03. The number of rotatable bonds is 15. The van der Waals surface area contributed by atoms with Gasteiger partial charge in [0.2, 0.25) is 17.7 Å². The fourth-order valence-corrected chi connectivity index (χ4v) is 3.42. The molecule has 0 saturated carbocycles. The van der Waals surface area contributed by atoms with Gasteiger partial charge in [-0.15, -0.1) is 0 Å². The minimum Gasteiger partial charge on any atom is -0.481 e. The maximum atomic E-state index is 13.1. The molecular weight excluding hydrogens is 488 g/mol. The minimum absolute atomic E-state index is 0.0691. The number of carbonyl (C=O) groups is 5. The maximum Gasteiger partial charge on any atom is 0.326 e. The lowest BCUT2D eigenvalue weighted by Crippen LogP contribution is -2.58. The largest absolute Gasteiger partial charge is 0.481 e. The summed E-state index contributed by atoms with van der Waals surface area (Å²) in [5.74, 6) is -5.66. The number of hydrogen-bond acceptors (Lipinski definition) is 8. The van der Waals surface area contributed by atoms with Crippen molar-refractivity contribution in [3.8, 4) is 0 Å². The van der Waals surface area contributed by atoms with E-state index in [0.717, 1.165) is 0 Å². The number of carboxylic acids is 2. The molecule has 202 valence electrons. The zero-order valence-corrected chi connectivity index (χ0v) is 20.4. The number of aromatic nitrogens is 4. The van der Waals surface area contributed by atoms with Gasteiger partial charge in [0, 0.05) is 36.6 Å². The summed E-state index contributed by atoms with van der Waals surface area (Å²) in [5, 5.41) is 25.9. The molecule has 3 amide bonds. The highest BCUT2D eigenvalue weighted by atomic mass is 16.4. The molecular formula is C22H32N8O7. The number of amides is 3. The number of H-pyrrole nitrogens is 2. The number of nitrogens with two attached hydrogens (primary N) is 1. The first-order valence-corrected chi connectivity index (χ1v) is 11.6. The zero-order chi connectivity index (χ0) is 27.5. The molecule has 0 radical (unpaired) electrons. The Morgan fingerprint density at radius 1 is 0.892 bits per heavy atom. The summed E-state index contributed by atoms with van der Waals surface area (Å²) in [4.78, 5) is 75.0. The molecule has 15 nitrogen and oxygen atoms in total. The van der Waals surface area contributed by atoms with Gasteiger partial charge in [-0.25, -0.2) is 14.8 Å². The molecule has 0 aromatic carbocycles. The van der Waals surface area contributed by atoms with Crippen LogP contribution in [-0.2, 0) is 36.8 Å². The highest BCUT2D eigenvalue weighted by Crippen LogP contribution is 2.09. The molecule has 0 fully saturated rings. The second-order valence-electron chi connectivity index (χ2n) is 8.60. The van der Waals surface area contributed by atoms with Crippen LogP contribution in [0.5, 0.6) is 0 Å². The molecule has 0 bridgehead atoms. The number of imidazole rings is 2. The third-order valence-electron chi connectivity index (χ3n) is 5.73. The van der Waals surface area contributed by atoms with E-state index in [9.17, 15) is 34.2 Å². The molecule has 5 atom stereocenters. The van der Waals surface area contributed by atoms with Crippen molar-refractivity contribution >= 4 is 29.7 Å². The van der Waals surface area contributed by atoms with Gasteiger partial charge in [0.15, 0.2) is 0 Å². The van der Waals surface area contributed by atoms with Gasteiger partial charge in [0.05, 0.1) is 25.1 Å². The van der Waals surface area contributed by atoms with Gasteiger partial charge < -0.3 is 41.9 Å². The van der Waals surface area contributed by atoms with Crippen LogP contribution in [0.2, 0.25) is 0 Å². The lowest BCUT2D eigenvalue weighted by atomic mass is 9.98. The van der Waals surface area contributed by atoms with Gasteiger partial charge >= 0.3 is 11.9 Å². The topological polar surface area (TPSA) is 245 Å². The summed E-state index contributed by atoms with van der Waals surface area (Å²) < 4.78 is 0. The molecule has 9 N–H and O–H groups in total. The van der Waals surface area contributed by atoms with Crippen LogP contribution in [0.25, 0.3) is 0 Å². The summed E-state index contributed by atoms with van der Waals surface area (Å²) >= 11 is 0. The SMILES string of the molecule is CCC(C)C(NC(=O)C(CC(=O)O)NC(=O)C(Cc1cnc[nH]1)NC(=O)C(N)Cc1cnc[nH]1)C(=O)O. The quantitative estimate of drug-likeness (QED) is 0.132. The minimum atomic E-state index is -1.60. The maximum absolute atomic E-state index is 13.1. The smallest absolute Gasteiger partial charge is 0.326 e. The normalized spacial score (nSPS) is 15.0. The van der Waals surface area contributed by atoms with E-state index < -0.39 is 66.2 Å². The van der Waals surface area contributed by atoms with Crippen LogP contribution in [0, 0.1) is 5.92 Å². The first kappa shape index (κ1) is 29.0. The molecule has 0 saturated heterocycles. The Labute approximate surface area is 212 Å². The molecule has 2 aromatic rings. The molecule has 0 aliphatic heterocycles. The molecule has 2 aromatic heterocycles. The summed E-state index contributed by atoms with van der Waals surface area (Å²) in [6, 6.07) is -5.18. The molecule has 0 aliphatic carbocycles. The Morgan fingerprint density at radius 3 is 1.92 bits per heavy atom. The van der Waals surface area contributed by atoms with Crippen molar-refractivity contribution < 1.29 is 34.2 Å². The van der Waals surface area contributed by atoms with Gasteiger partial charge in [0.25, 0.3) is 0 Å².